The van der Waals surface area contributed by atoms with E-state index >= 15 is 0 Å². The summed E-state index contributed by atoms with van der Waals surface area (Å²) in [6.45, 7) is 8.25. The summed E-state index contributed by atoms with van der Waals surface area (Å²) in [4.78, 5) is 25.4. The first kappa shape index (κ1) is 18.0. The van der Waals surface area contributed by atoms with Gasteiger partial charge in [-0.25, -0.2) is 9.48 Å². The number of aryl methyl sites for hydroxylation is 2. The van der Waals surface area contributed by atoms with Crippen LogP contribution >= 0.6 is 0 Å². The van der Waals surface area contributed by atoms with Gasteiger partial charge in [0.05, 0.1) is 28.7 Å². The molecule has 0 bridgehead atoms. The Labute approximate surface area is 152 Å². The molecule has 2 amide bonds. The third-order valence-electron chi connectivity index (χ3n) is 5.12. The van der Waals surface area contributed by atoms with Gasteiger partial charge in [0.2, 0.25) is 0 Å². The summed E-state index contributed by atoms with van der Waals surface area (Å²) in [5.74, 6) is -0.869. The average molecular weight is 356 g/mol. The molecule has 0 radical (unpaired) electrons. The number of benzene rings is 1. The zero-order valence-corrected chi connectivity index (χ0v) is 15.5. The average Bonchev–Trinajstić information content (AvgIpc) is 3.15. The van der Waals surface area contributed by atoms with E-state index in [-0.39, 0.29) is 12.6 Å². The fraction of sp³-hybridized carbons (Fsp3) is 0.421. The van der Waals surface area contributed by atoms with Crippen molar-refractivity contribution in [3.05, 3.63) is 41.2 Å². The van der Waals surface area contributed by atoms with Crippen molar-refractivity contribution in [2.24, 2.45) is 5.41 Å². The number of aliphatic carboxylic acids is 1. The number of carboxylic acids is 1. The van der Waals surface area contributed by atoms with Crippen LogP contribution in [0.5, 0.6) is 0 Å². The molecule has 7 nitrogen and oxygen atoms in total. The van der Waals surface area contributed by atoms with Crippen molar-refractivity contribution in [3.8, 4) is 5.69 Å². The number of urea groups is 1. The van der Waals surface area contributed by atoms with Gasteiger partial charge in [-0.3, -0.25) is 4.79 Å². The van der Waals surface area contributed by atoms with Crippen LogP contribution in [0.4, 0.5) is 10.5 Å². The smallest absolute Gasteiger partial charge is 0.321 e. The minimum Gasteiger partial charge on any atom is -0.481 e. The molecule has 2 heterocycles. The number of anilines is 1. The molecule has 1 saturated heterocycles. The number of carbonyl (C=O) groups is 2. The van der Waals surface area contributed by atoms with Crippen molar-refractivity contribution in [1.82, 2.24) is 14.7 Å². The predicted molar refractivity (Wildman–Crippen MR) is 98.7 cm³/mol. The van der Waals surface area contributed by atoms with Crippen LogP contribution in [0.2, 0.25) is 0 Å². The Morgan fingerprint density at radius 2 is 2.00 bits per heavy atom. The topological polar surface area (TPSA) is 87.5 Å². The fourth-order valence-electron chi connectivity index (χ4n) is 3.23. The van der Waals surface area contributed by atoms with Crippen molar-refractivity contribution in [2.75, 3.05) is 18.4 Å². The number of likely N-dealkylation sites (tertiary alicyclic amines) is 1. The highest BCUT2D eigenvalue weighted by Crippen LogP contribution is 2.31. The molecule has 0 saturated carbocycles. The molecule has 1 aliphatic heterocycles. The lowest BCUT2D eigenvalue weighted by atomic mass is 9.90. The molecule has 2 aromatic rings. The largest absolute Gasteiger partial charge is 0.481 e. The highest BCUT2D eigenvalue weighted by Gasteiger charge is 2.42. The zero-order chi connectivity index (χ0) is 19.1. The quantitative estimate of drug-likeness (QED) is 0.884. The standard InChI is InChI=1S/C19H24N4O3/c1-12-5-6-13(2)16(9-12)23-14(3)15(10-20-23)21-18(26)22-8-7-19(4,11-22)17(24)25/h5-6,9-10H,7-8,11H2,1-4H3,(H,21,26)(H,24,25). The van der Waals surface area contributed by atoms with Gasteiger partial charge in [-0.2, -0.15) is 5.10 Å². The van der Waals surface area contributed by atoms with Gasteiger partial charge in [-0.1, -0.05) is 12.1 Å². The molecular formula is C19H24N4O3. The lowest BCUT2D eigenvalue weighted by Crippen LogP contribution is -2.37. The maximum atomic E-state index is 12.5. The Morgan fingerprint density at radius 3 is 2.65 bits per heavy atom. The van der Waals surface area contributed by atoms with Gasteiger partial charge < -0.3 is 15.3 Å². The molecule has 1 aliphatic rings. The molecule has 1 aromatic heterocycles. The number of aromatic nitrogens is 2. The first-order valence-electron chi connectivity index (χ1n) is 8.63. The van der Waals surface area contributed by atoms with Crippen LogP contribution in [0.15, 0.2) is 24.4 Å². The Kier molecular flexibility index (Phi) is 4.48. The maximum absolute atomic E-state index is 12.5. The summed E-state index contributed by atoms with van der Waals surface area (Å²) in [7, 11) is 0. The van der Waals surface area contributed by atoms with Gasteiger partial charge in [-0.15, -0.1) is 0 Å². The second-order valence-corrected chi connectivity index (χ2v) is 7.31. The molecule has 1 fully saturated rings. The molecular weight excluding hydrogens is 332 g/mol. The highest BCUT2D eigenvalue weighted by atomic mass is 16.4. The lowest BCUT2D eigenvalue weighted by molar-refractivity contribution is -0.146. The molecule has 1 unspecified atom stereocenters. The number of nitrogens with zero attached hydrogens (tertiary/aromatic N) is 3. The van der Waals surface area contributed by atoms with E-state index in [0.717, 1.165) is 22.5 Å². The molecule has 2 N–H and O–H groups in total. The monoisotopic (exact) mass is 356 g/mol. The van der Waals surface area contributed by atoms with Gasteiger partial charge in [-0.05, 0) is 51.3 Å². The second-order valence-electron chi connectivity index (χ2n) is 7.31. The van der Waals surface area contributed by atoms with Gasteiger partial charge in [0.25, 0.3) is 0 Å². The molecule has 3 rings (SSSR count). The normalized spacial score (nSPS) is 19.6. The van der Waals surface area contributed by atoms with Crippen molar-refractivity contribution in [3.63, 3.8) is 0 Å². The minimum atomic E-state index is -0.880. The molecule has 1 aromatic carbocycles. The first-order valence-corrected chi connectivity index (χ1v) is 8.63. The molecule has 1 atom stereocenters. The van der Waals surface area contributed by atoms with E-state index in [1.165, 1.54) is 0 Å². The van der Waals surface area contributed by atoms with E-state index in [2.05, 4.69) is 16.5 Å². The third kappa shape index (κ3) is 3.16. The van der Waals surface area contributed by atoms with Crippen molar-refractivity contribution >= 4 is 17.7 Å². The number of carboxylic acid groups (broad SMARTS) is 1. The molecule has 0 aliphatic carbocycles. The summed E-state index contributed by atoms with van der Waals surface area (Å²) in [6, 6.07) is 5.85. The van der Waals surface area contributed by atoms with Crippen LogP contribution in [0.25, 0.3) is 5.69 Å². The molecule has 138 valence electrons. The van der Waals surface area contributed by atoms with E-state index in [4.69, 9.17) is 0 Å². The van der Waals surface area contributed by atoms with E-state index in [0.29, 0.717) is 18.7 Å². The van der Waals surface area contributed by atoms with Crippen LogP contribution in [0, 0.1) is 26.2 Å². The maximum Gasteiger partial charge on any atom is 0.321 e. The zero-order valence-electron chi connectivity index (χ0n) is 15.5. The first-order chi connectivity index (χ1) is 12.2. The second kappa shape index (κ2) is 6.48. The van der Waals surface area contributed by atoms with Crippen LogP contribution in [0.1, 0.15) is 30.2 Å². The molecule has 0 spiro atoms. The van der Waals surface area contributed by atoms with Crippen molar-refractivity contribution < 1.29 is 14.7 Å². The van der Waals surface area contributed by atoms with Gasteiger partial charge in [0.1, 0.15) is 0 Å². The van der Waals surface area contributed by atoms with E-state index in [1.807, 2.05) is 37.6 Å². The Morgan fingerprint density at radius 1 is 1.27 bits per heavy atom. The summed E-state index contributed by atoms with van der Waals surface area (Å²) in [6.07, 6.45) is 2.08. The number of nitrogens with one attached hydrogen (secondary N) is 1. The number of amides is 2. The number of carbonyl (C=O) groups excluding carboxylic acids is 1. The van der Waals surface area contributed by atoms with Crippen LogP contribution < -0.4 is 5.32 Å². The van der Waals surface area contributed by atoms with Crippen molar-refractivity contribution in [2.45, 2.75) is 34.1 Å². The summed E-state index contributed by atoms with van der Waals surface area (Å²) >= 11 is 0. The number of hydrogen-bond donors (Lipinski definition) is 2. The minimum absolute atomic E-state index is 0.207. The Bertz CT molecular complexity index is 874. The van der Waals surface area contributed by atoms with Crippen molar-refractivity contribution in [1.29, 1.82) is 0 Å². The molecule has 7 heteroatoms. The number of hydrogen-bond acceptors (Lipinski definition) is 3. The van der Waals surface area contributed by atoms with Crippen LogP contribution in [-0.2, 0) is 4.79 Å². The fourth-order valence-corrected chi connectivity index (χ4v) is 3.23. The van der Waals surface area contributed by atoms with Gasteiger partial charge in [0.15, 0.2) is 0 Å². The van der Waals surface area contributed by atoms with E-state index < -0.39 is 11.4 Å². The summed E-state index contributed by atoms with van der Waals surface area (Å²) in [5, 5.41) is 16.6. The Hall–Kier alpha value is -2.83. The predicted octanol–water partition coefficient (Wildman–Crippen LogP) is 3.13. The van der Waals surface area contributed by atoms with Gasteiger partial charge >= 0.3 is 12.0 Å². The third-order valence-corrected chi connectivity index (χ3v) is 5.12. The number of rotatable bonds is 3. The van der Waals surface area contributed by atoms with Gasteiger partial charge in [0, 0.05) is 13.1 Å². The lowest BCUT2D eigenvalue weighted by Gasteiger charge is -2.20. The molecule has 26 heavy (non-hydrogen) atoms. The van der Waals surface area contributed by atoms with Crippen LogP contribution in [0.3, 0.4) is 0 Å². The Balaban J connectivity index is 1.78. The summed E-state index contributed by atoms with van der Waals surface area (Å²) in [5.41, 5.74) is 3.78. The highest BCUT2D eigenvalue weighted by molar-refractivity contribution is 5.91. The summed E-state index contributed by atoms with van der Waals surface area (Å²) < 4.78 is 1.81. The van der Waals surface area contributed by atoms with E-state index in [1.54, 1.807) is 18.0 Å². The SMILES string of the molecule is Cc1ccc(C)c(-n2ncc(NC(=O)N3CCC(C)(C(=O)O)C3)c2C)c1. The van der Waals surface area contributed by atoms with E-state index in [9.17, 15) is 14.7 Å². The van der Waals surface area contributed by atoms with Crippen LogP contribution in [-0.4, -0.2) is 44.9 Å².